The van der Waals surface area contributed by atoms with Crippen molar-refractivity contribution in [1.29, 1.82) is 0 Å². The second-order valence-electron chi connectivity index (χ2n) is 8.38. The number of hydrogen-bond donors (Lipinski definition) is 0. The van der Waals surface area contributed by atoms with Crippen molar-refractivity contribution in [3.05, 3.63) is 117 Å². The van der Waals surface area contributed by atoms with Gasteiger partial charge in [-0.1, -0.05) is 45.7 Å². The predicted molar refractivity (Wildman–Crippen MR) is 150 cm³/mol. The number of methoxy groups -OCH3 is 2. The third-order valence-corrected chi connectivity index (χ3v) is 6.60. The lowest BCUT2D eigenvalue weighted by Crippen LogP contribution is -2.32. The van der Waals surface area contributed by atoms with Crippen LogP contribution >= 0.6 is 27.5 Å². The molecule has 0 spiro atoms. The summed E-state index contributed by atoms with van der Waals surface area (Å²) in [5.41, 5.74) is 2.64. The zero-order valence-electron chi connectivity index (χ0n) is 20.6. The van der Waals surface area contributed by atoms with Gasteiger partial charge in [0.15, 0.2) is 11.5 Å². The fraction of sp³-hybridized carbons (Fsp3) is 0.167. The molecule has 0 aliphatic heterocycles. The SMILES string of the molecule is COc1ccc(CCN(Cc2cccc(Oc3ccc(Cl)cc3)c2)C(=O)c2ccc(Br)cc2)cc1OC. The topological polar surface area (TPSA) is 48.0 Å². The van der Waals surface area contributed by atoms with Gasteiger partial charge in [0.05, 0.1) is 14.2 Å². The van der Waals surface area contributed by atoms with Crippen LogP contribution in [-0.4, -0.2) is 31.6 Å². The highest BCUT2D eigenvalue weighted by Gasteiger charge is 2.17. The van der Waals surface area contributed by atoms with Gasteiger partial charge in [0, 0.05) is 28.1 Å². The molecular weight excluding hydrogens is 554 g/mol. The van der Waals surface area contributed by atoms with E-state index in [-0.39, 0.29) is 5.91 Å². The van der Waals surface area contributed by atoms with Crippen LogP contribution in [0.15, 0.2) is 95.5 Å². The molecule has 37 heavy (non-hydrogen) atoms. The molecule has 4 aromatic rings. The van der Waals surface area contributed by atoms with Crippen LogP contribution in [0.4, 0.5) is 0 Å². The van der Waals surface area contributed by atoms with Crippen LogP contribution < -0.4 is 14.2 Å². The number of nitrogens with zero attached hydrogens (tertiary/aromatic N) is 1. The van der Waals surface area contributed by atoms with E-state index in [1.807, 2.05) is 83.8 Å². The lowest BCUT2D eigenvalue weighted by atomic mass is 10.1. The molecule has 0 aliphatic rings. The molecule has 0 aliphatic carbocycles. The lowest BCUT2D eigenvalue weighted by molar-refractivity contribution is 0.0745. The molecule has 0 saturated carbocycles. The third-order valence-electron chi connectivity index (χ3n) is 5.82. The van der Waals surface area contributed by atoms with E-state index < -0.39 is 0 Å². The molecule has 4 rings (SSSR count). The maximum Gasteiger partial charge on any atom is 0.254 e. The zero-order valence-corrected chi connectivity index (χ0v) is 23.0. The quantitative estimate of drug-likeness (QED) is 0.192. The number of ether oxygens (including phenoxy) is 3. The molecule has 7 heteroatoms. The first-order valence-electron chi connectivity index (χ1n) is 11.7. The van der Waals surface area contributed by atoms with E-state index in [1.165, 1.54) is 0 Å². The van der Waals surface area contributed by atoms with Crippen molar-refractivity contribution in [2.75, 3.05) is 20.8 Å². The normalized spacial score (nSPS) is 10.6. The van der Waals surface area contributed by atoms with E-state index in [0.29, 0.717) is 53.1 Å². The minimum Gasteiger partial charge on any atom is -0.493 e. The second kappa shape index (κ2) is 12.7. The van der Waals surface area contributed by atoms with E-state index in [0.717, 1.165) is 15.6 Å². The molecule has 0 saturated heterocycles. The van der Waals surface area contributed by atoms with Gasteiger partial charge in [0.2, 0.25) is 0 Å². The first-order chi connectivity index (χ1) is 17.9. The van der Waals surface area contributed by atoms with Gasteiger partial charge in [-0.3, -0.25) is 4.79 Å². The number of amides is 1. The standard InChI is InChI=1S/C30H27BrClNO4/c1-35-28-15-6-21(19-29(28)36-2)16-17-33(30(34)23-7-9-24(31)10-8-23)20-22-4-3-5-27(18-22)37-26-13-11-25(32)12-14-26/h3-15,18-19H,16-17,20H2,1-2H3. The Bertz CT molecular complexity index is 1340. The molecule has 0 unspecified atom stereocenters. The summed E-state index contributed by atoms with van der Waals surface area (Å²) in [7, 11) is 3.23. The average Bonchev–Trinajstić information content (AvgIpc) is 2.92. The van der Waals surface area contributed by atoms with Crippen molar-refractivity contribution in [3.63, 3.8) is 0 Å². The van der Waals surface area contributed by atoms with E-state index >= 15 is 0 Å². The van der Waals surface area contributed by atoms with E-state index in [2.05, 4.69) is 15.9 Å². The van der Waals surface area contributed by atoms with Crippen molar-refractivity contribution < 1.29 is 19.0 Å². The van der Waals surface area contributed by atoms with Crippen molar-refractivity contribution in [2.24, 2.45) is 0 Å². The molecule has 0 heterocycles. The van der Waals surface area contributed by atoms with Crippen molar-refractivity contribution >= 4 is 33.4 Å². The number of carbonyl (C=O) groups is 1. The van der Waals surface area contributed by atoms with E-state index in [4.69, 9.17) is 25.8 Å². The summed E-state index contributed by atoms with van der Waals surface area (Å²) in [6.45, 7) is 0.951. The molecule has 0 atom stereocenters. The van der Waals surface area contributed by atoms with Crippen LogP contribution in [0.5, 0.6) is 23.0 Å². The van der Waals surface area contributed by atoms with Crippen LogP contribution in [0.2, 0.25) is 5.02 Å². The van der Waals surface area contributed by atoms with Crippen LogP contribution in [-0.2, 0) is 13.0 Å². The summed E-state index contributed by atoms with van der Waals surface area (Å²) in [5.74, 6) is 2.68. The van der Waals surface area contributed by atoms with Crippen LogP contribution in [0.25, 0.3) is 0 Å². The van der Waals surface area contributed by atoms with E-state index in [9.17, 15) is 4.79 Å². The summed E-state index contributed by atoms with van der Waals surface area (Å²) in [5, 5.41) is 0.651. The average molecular weight is 581 g/mol. The first-order valence-corrected chi connectivity index (χ1v) is 12.9. The Labute approximate surface area is 230 Å². The highest BCUT2D eigenvalue weighted by atomic mass is 79.9. The fourth-order valence-corrected chi connectivity index (χ4v) is 4.28. The van der Waals surface area contributed by atoms with Gasteiger partial charge in [-0.05, 0) is 90.3 Å². The van der Waals surface area contributed by atoms with Gasteiger partial charge < -0.3 is 19.1 Å². The molecule has 1 amide bonds. The molecule has 0 radical (unpaired) electrons. The van der Waals surface area contributed by atoms with Crippen molar-refractivity contribution in [1.82, 2.24) is 4.90 Å². The number of carbonyl (C=O) groups excluding carboxylic acids is 1. The maximum absolute atomic E-state index is 13.5. The van der Waals surface area contributed by atoms with Gasteiger partial charge in [-0.25, -0.2) is 0 Å². The third kappa shape index (κ3) is 7.28. The van der Waals surface area contributed by atoms with Crippen LogP contribution in [0, 0.1) is 0 Å². The monoisotopic (exact) mass is 579 g/mol. The van der Waals surface area contributed by atoms with Gasteiger partial charge in [-0.15, -0.1) is 0 Å². The summed E-state index contributed by atoms with van der Waals surface area (Å²) < 4.78 is 17.7. The second-order valence-corrected chi connectivity index (χ2v) is 9.73. The van der Waals surface area contributed by atoms with Crippen molar-refractivity contribution in [2.45, 2.75) is 13.0 Å². The molecule has 5 nitrogen and oxygen atoms in total. The van der Waals surface area contributed by atoms with Gasteiger partial charge in [-0.2, -0.15) is 0 Å². The number of hydrogen-bond acceptors (Lipinski definition) is 4. The van der Waals surface area contributed by atoms with Crippen LogP contribution in [0.1, 0.15) is 21.5 Å². The Hall–Kier alpha value is -3.48. The Morgan fingerprint density at radius 1 is 0.811 bits per heavy atom. The van der Waals surface area contributed by atoms with Gasteiger partial charge >= 0.3 is 0 Å². The minimum atomic E-state index is -0.0444. The Balaban J connectivity index is 1.54. The summed E-state index contributed by atoms with van der Waals surface area (Å²) in [4.78, 5) is 15.4. The molecule has 190 valence electrons. The Morgan fingerprint density at radius 3 is 2.24 bits per heavy atom. The lowest BCUT2D eigenvalue weighted by Gasteiger charge is -2.24. The summed E-state index contributed by atoms with van der Waals surface area (Å²) in [6, 6.07) is 28.2. The Kier molecular flexibility index (Phi) is 9.09. The predicted octanol–water partition coefficient (Wildman–Crippen LogP) is 7.80. The summed E-state index contributed by atoms with van der Waals surface area (Å²) in [6.07, 6.45) is 0.656. The molecule has 0 aromatic heterocycles. The highest BCUT2D eigenvalue weighted by molar-refractivity contribution is 9.10. The first kappa shape index (κ1) is 26.6. The highest BCUT2D eigenvalue weighted by Crippen LogP contribution is 2.28. The molecule has 0 N–H and O–H groups in total. The number of rotatable bonds is 10. The van der Waals surface area contributed by atoms with Gasteiger partial charge in [0.1, 0.15) is 11.5 Å². The van der Waals surface area contributed by atoms with E-state index in [1.54, 1.807) is 26.4 Å². The Morgan fingerprint density at radius 2 is 1.54 bits per heavy atom. The molecule has 0 bridgehead atoms. The number of halogens is 2. The molecular formula is C30H27BrClNO4. The van der Waals surface area contributed by atoms with Crippen LogP contribution in [0.3, 0.4) is 0 Å². The molecule has 4 aromatic carbocycles. The smallest absolute Gasteiger partial charge is 0.254 e. The van der Waals surface area contributed by atoms with Gasteiger partial charge in [0.25, 0.3) is 5.91 Å². The minimum absolute atomic E-state index is 0.0444. The summed E-state index contributed by atoms with van der Waals surface area (Å²) >= 11 is 9.43. The molecule has 0 fully saturated rings. The number of benzene rings is 4. The van der Waals surface area contributed by atoms with Crippen molar-refractivity contribution in [3.8, 4) is 23.0 Å². The zero-order chi connectivity index (χ0) is 26.2. The maximum atomic E-state index is 13.5. The largest absolute Gasteiger partial charge is 0.493 e. The fourth-order valence-electron chi connectivity index (χ4n) is 3.89.